The molecule has 1 aliphatic rings. The Morgan fingerprint density at radius 2 is 2.06 bits per heavy atom. The summed E-state index contributed by atoms with van der Waals surface area (Å²) >= 11 is 0. The molecule has 1 amide bonds. The third kappa shape index (κ3) is 3.03. The van der Waals surface area contributed by atoms with Crippen molar-refractivity contribution >= 4 is 13.6 Å². The van der Waals surface area contributed by atoms with E-state index in [-0.39, 0.29) is 13.6 Å². The van der Waals surface area contributed by atoms with Crippen LogP contribution in [0.4, 0.5) is 0 Å². The van der Waals surface area contributed by atoms with Crippen molar-refractivity contribution in [3.05, 3.63) is 29.8 Å². The summed E-state index contributed by atoms with van der Waals surface area (Å²) in [5.74, 6) is 0.531. The monoisotopic (exact) mass is 248 g/mol. The lowest BCUT2D eigenvalue weighted by molar-refractivity contribution is 0.0664. The SMILES string of the molecule is CN1CCN(C(=O)c2cccc(OBO)c2)CC1. The van der Waals surface area contributed by atoms with E-state index < -0.39 is 0 Å². The zero-order chi connectivity index (χ0) is 13.0. The molecule has 6 heteroatoms. The fraction of sp³-hybridized carbons (Fsp3) is 0.417. The standard InChI is InChI=1S/C12H17BN2O3/c1-14-5-7-15(8-6-14)12(16)10-3-2-4-11(9-10)18-13-17/h2-4,9,13,17H,5-8H2,1H3. The lowest BCUT2D eigenvalue weighted by Crippen LogP contribution is -2.47. The summed E-state index contributed by atoms with van der Waals surface area (Å²) in [6.45, 7) is 3.30. The number of rotatable bonds is 3. The van der Waals surface area contributed by atoms with Crippen molar-refractivity contribution in [3.8, 4) is 5.75 Å². The maximum atomic E-state index is 12.3. The van der Waals surface area contributed by atoms with Gasteiger partial charge in [-0.15, -0.1) is 0 Å². The third-order valence-corrected chi connectivity index (χ3v) is 3.10. The van der Waals surface area contributed by atoms with Crippen LogP contribution in [0.25, 0.3) is 0 Å². The van der Waals surface area contributed by atoms with Gasteiger partial charge in [-0.1, -0.05) is 6.07 Å². The molecular formula is C12H17BN2O3. The molecule has 1 fully saturated rings. The highest BCUT2D eigenvalue weighted by Gasteiger charge is 2.20. The number of nitrogens with zero attached hydrogens (tertiary/aromatic N) is 2. The average molecular weight is 248 g/mol. The fourth-order valence-electron chi connectivity index (χ4n) is 1.99. The Balaban J connectivity index is 2.06. The van der Waals surface area contributed by atoms with Gasteiger partial charge in [0, 0.05) is 31.7 Å². The van der Waals surface area contributed by atoms with Gasteiger partial charge in [-0.3, -0.25) is 4.79 Å². The van der Waals surface area contributed by atoms with E-state index in [1.807, 2.05) is 4.90 Å². The molecule has 1 aromatic carbocycles. The average Bonchev–Trinajstić information content (AvgIpc) is 2.39. The van der Waals surface area contributed by atoms with Gasteiger partial charge in [0.25, 0.3) is 5.91 Å². The molecule has 0 aliphatic carbocycles. The molecule has 0 radical (unpaired) electrons. The zero-order valence-corrected chi connectivity index (χ0v) is 10.5. The molecule has 18 heavy (non-hydrogen) atoms. The topological polar surface area (TPSA) is 53.0 Å². The van der Waals surface area contributed by atoms with Crippen molar-refractivity contribution in [3.63, 3.8) is 0 Å². The Morgan fingerprint density at radius 1 is 1.33 bits per heavy atom. The van der Waals surface area contributed by atoms with Gasteiger partial charge in [0.1, 0.15) is 5.75 Å². The van der Waals surface area contributed by atoms with Crippen molar-refractivity contribution in [2.24, 2.45) is 0 Å². The Bertz CT molecular complexity index is 420. The quantitative estimate of drug-likeness (QED) is 0.747. The van der Waals surface area contributed by atoms with Gasteiger partial charge < -0.3 is 19.5 Å². The molecule has 0 unspecified atom stereocenters. The van der Waals surface area contributed by atoms with Gasteiger partial charge in [0.15, 0.2) is 0 Å². The Hall–Kier alpha value is -1.53. The van der Waals surface area contributed by atoms with Gasteiger partial charge in [-0.25, -0.2) is 0 Å². The molecule has 1 N–H and O–H groups in total. The van der Waals surface area contributed by atoms with Crippen LogP contribution in [0.1, 0.15) is 10.4 Å². The third-order valence-electron chi connectivity index (χ3n) is 3.10. The first-order chi connectivity index (χ1) is 8.70. The molecule has 1 aliphatic heterocycles. The van der Waals surface area contributed by atoms with Gasteiger partial charge in [-0.05, 0) is 25.2 Å². The lowest BCUT2D eigenvalue weighted by atomic mass is 10.1. The normalized spacial score (nSPS) is 16.4. The van der Waals surface area contributed by atoms with Crippen LogP contribution in [0.5, 0.6) is 5.75 Å². The number of hydrogen-bond donors (Lipinski definition) is 1. The number of carbonyl (C=O) groups is 1. The molecule has 0 atom stereocenters. The van der Waals surface area contributed by atoms with Gasteiger partial charge in [-0.2, -0.15) is 0 Å². The molecule has 5 nitrogen and oxygen atoms in total. The predicted molar refractivity (Wildman–Crippen MR) is 69.8 cm³/mol. The minimum Gasteiger partial charge on any atom is -0.539 e. The highest BCUT2D eigenvalue weighted by molar-refractivity contribution is 6.17. The van der Waals surface area contributed by atoms with Gasteiger partial charge in [0.05, 0.1) is 0 Å². The van der Waals surface area contributed by atoms with E-state index in [0.717, 1.165) is 26.2 Å². The highest BCUT2D eigenvalue weighted by Crippen LogP contribution is 2.15. The molecule has 0 spiro atoms. The molecule has 0 aromatic heterocycles. The molecule has 1 saturated heterocycles. The second-order valence-electron chi connectivity index (χ2n) is 4.40. The Morgan fingerprint density at radius 3 is 2.72 bits per heavy atom. The summed E-state index contributed by atoms with van der Waals surface area (Å²) in [7, 11) is 1.67. The maximum absolute atomic E-state index is 12.3. The second-order valence-corrected chi connectivity index (χ2v) is 4.40. The van der Waals surface area contributed by atoms with Crippen LogP contribution in [-0.2, 0) is 0 Å². The van der Waals surface area contributed by atoms with Crippen molar-refractivity contribution in [1.82, 2.24) is 9.80 Å². The van der Waals surface area contributed by atoms with Gasteiger partial charge in [0.2, 0.25) is 0 Å². The van der Waals surface area contributed by atoms with E-state index in [1.54, 1.807) is 24.3 Å². The molecule has 0 saturated carbocycles. The maximum Gasteiger partial charge on any atom is 0.504 e. The van der Waals surface area contributed by atoms with E-state index in [1.165, 1.54) is 0 Å². The first kappa shape index (κ1) is 12.9. The van der Waals surface area contributed by atoms with Crippen LogP contribution in [0, 0.1) is 0 Å². The number of hydrogen-bond acceptors (Lipinski definition) is 4. The van der Waals surface area contributed by atoms with E-state index >= 15 is 0 Å². The number of carbonyl (C=O) groups excluding carboxylic acids is 1. The van der Waals surface area contributed by atoms with Crippen LogP contribution >= 0.6 is 0 Å². The Labute approximate surface area is 107 Å². The number of benzene rings is 1. The summed E-state index contributed by atoms with van der Waals surface area (Å²) in [4.78, 5) is 16.3. The predicted octanol–water partition coefficient (Wildman–Crippen LogP) is -0.288. The van der Waals surface area contributed by atoms with E-state index in [4.69, 9.17) is 9.68 Å². The second kappa shape index (κ2) is 5.88. The highest BCUT2D eigenvalue weighted by atomic mass is 16.5. The molecule has 0 bridgehead atoms. The van der Waals surface area contributed by atoms with Crippen LogP contribution < -0.4 is 4.65 Å². The smallest absolute Gasteiger partial charge is 0.504 e. The number of piperazine rings is 1. The summed E-state index contributed by atoms with van der Waals surface area (Å²) in [6, 6.07) is 6.91. The number of likely N-dealkylation sites (N-methyl/N-ethyl adjacent to an activating group) is 1. The van der Waals surface area contributed by atoms with Crippen LogP contribution in [0.3, 0.4) is 0 Å². The molecule has 1 aromatic rings. The minimum atomic E-state index is -0.383. The summed E-state index contributed by atoms with van der Waals surface area (Å²) in [5, 5.41) is 8.70. The first-order valence-electron chi connectivity index (χ1n) is 6.02. The van der Waals surface area contributed by atoms with Crippen molar-refractivity contribution < 1.29 is 14.5 Å². The summed E-state index contributed by atoms with van der Waals surface area (Å²) in [5.41, 5.74) is 0.602. The van der Waals surface area contributed by atoms with E-state index in [9.17, 15) is 4.79 Å². The van der Waals surface area contributed by atoms with E-state index in [0.29, 0.717) is 11.3 Å². The first-order valence-corrected chi connectivity index (χ1v) is 6.02. The molecule has 96 valence electrons. The number of amides is 1. The van der Waals surface area contributed by atoms with Crippen molar-refractivity contribution in [1.29, 1.82) is 0 Å². The molecule has 1 heterocycles. The minimum absolute atomic E-state index is 0.0199. The van der Waals surface area contributed by atoms with Gasteiger partial charge >= 0.3 is 7.69 Å². The molecule has 2 rings (SSSR count). The van der Waals surface area contributed by atoms with E-state index in [2.05, 4.69) is 11.9 Å². The van der Waals surface area contributed by atoms with Crippen molar-refractivity contribution in [2.45, 2.75) is 0 Å². The van der Waals surface area contributed by atoms with Crippen molar-refractivity contribution in [2.75, 3.05) is 33.2 Å². The fourth-order valence-corrected chi connectivity index (χ4v) is 1.99. The summed E-state index contributed by atoms with van der Waals surface area (Å²) in [6.07, 6.45) is 0. The summed E-state index contributed by atoms with van der Waals surface area (Å²) < 4.78 is 4.98. The largest absolute Gasteiger partial charge is 0.539 e. The molecular weight excluding hydrogens is 231 g/mol. The van der Waals surface area contributed by atoms with Crippen LogP contribution in [-0.4, -0.2) is 61.6 Å². The van der Waals surface area contributed by atoms with Crippen LogP contribution in [0.15, 0.2) is 24.3 Å². The Kier molecular flexibility index (Phi) is 4.22. The zero-order valence-electron chi connectivity index (χ0n) is 10.5. The lowest BCUT2D eigenvalue weighted by Gasteiger charge is -2.32. The van der Waals surface area contributed by atoms with Crippen LogP contribution in [0.2, 0.25) is 0 Å².